The highest BCUT2D eigenvalue weighted by molar-refractivity contribution is 5.74. The molecule has 2 aliphatic carbocycles. The lowest BCUT2D eigenvalue weighted by atomic mass is 9.84. The van der Waals surface area contributed by atoms with E-state index in [0.717, 1.165) is 38.5 Å². The summed E-state index contributed by atoms with van der Waals surface area (Å²) in [6, 6.07) is 0. The topological polar surface area (TPSA) is 174 Å². The third-order valence-electron chi connectivity index (χ3n) is 10.1. The van der Waals surface area contributed by atoms with E-state index < -0.39 is 92.1 Å². The number of aliphatic hydroxyl groups excluding tert-OH is 5. The summed E-state index contributed by atoms with van der Waals surface area (Å²) < 4.78 is 36.5. The van der Waals surface area contributed by atoms with Gasteiger partial charge in [-0.05, 0) is 44.9 Å². The molecule has 4 rings (SSSR count). The van der Waals surface area contributed by atoms with Gasteiger partial charge in [-0.1, -0.05) is 64.5 Å². The first-order valence-electron chi connectivity index (χ1n) is 16.9. The average Bonchev–Trinajstić information content (AvgIpc) is 3.03. The van der Waals surface area contributed by atoms with Gasteiger partial charge in [-0.25, -0.2) is 4.79 Å². The zero-order valence-corrected chi connectivity index (χ0v) is 27.2. The van der Waals surface area contributed by atoms with Gasteiger partial charge >= 0.3 is 5.97 Å². The third kappa shape index (κ3) is 9.25. The highest BCUT2D eigenvalue weighted by Crippen LogP contribution is 2.38. The number of allylic oxidation sites excluding steroid dienone is 1. The second-order valence-electron chi connectivity index (χ2n) is 13.5. The van der Waals surface area contributed by atoms with Crippen molar-refractivity contribution in [1.29, 1.82) is 0 Å². The Hall–Kier alpha value is -1.19. The van der Waals surface area contributed by atoms with Crippen LogP contribution < -0.4 is 0 Å². The van der Waals surface area contributed by atoms with Gasteiger partial charge in [0.25, 0.3) is 0 Å². The number of esters is 1. The quantitative estimate of drug-likeness (QED) is 0.155. The molecule has 12 nitrogen and oxygen atoms in total. The Morgan fingerprint density at radius 2 is 1.58 bits per heavy atom. The van der Waals surface area contributed by atoms with Crippen molar-refractivity contribution in [3.8, 4) is 0 Å². The fourth-order valence-electron chi connectivity index (χ4n) is 7.16. The summed E-state index contributed by atoms with van der Waals surface area (Å²) in [7, 11) is 0. The maximum absolute atomic E-state index is 13.2. The van der Waals surface area contributed by atoms with Gasteiger partial charge in [-0.2, -0.15) is 0 Å². The minimum absolute atomic E-state index is 0.0100. The van der Waals surface area contributed by atoms with Crippen LogP contribution in [0.2, 0.25) is 0 Å². The molecule has 2 heterocycles. The number of hydrogen-bond acceptors (Lipinski definition) is 12. The molecule has 2 aliphatic heterocycles. The number of rotatable bonds is 12. The minimum Gasteiger partial charge on any atom is -0.460 e. The molecule has 2 saturated heterocycles. The minimum atomic E-state index is -1.45. The summed E-state index contributed by atoms with van der Waals surface area (Å²) in [5.74, 6) is -0.695. The molecule has 13 unspecified atom stereocenters. The molecule has 4 aliphatic rings. The third-order valence-corrected chi connectivity index (χ3v) is 10.1. The van der Waals surface area contributed by atoms with Crippen LogP contribution in [0.5, 0.6) is 0 Å². The van der Waals surface area contributed by atoms with Gasteiger partial charge in [-0.3, -0.25) is 0 Å². The predicted molar refractivity (Wildman–Crippen MR) is 162 cm³/mol. The SMILES string of the molecule is CC=CCOC(=O)[C@H](CC1CCCCC1)OC1C(C)C(OC2CCCC(C)C2OC2OC(C)C(O)C(O)C2O)OC(CO)C1O. The molecular weight excluding hydrogens is 588 g/mol. The van der Waals surface area contributed by atoms with Crippen LogP contribution in [0.3, 0.4) is 0 Å². The summed E-state index contributed by atoms with van der Waals surface area (Å²) in [5, 5.41) is 52.4. The van der Waals surface area contributed by atoms with Gasteiger partial charge in [0, 0.05) is 5.92 Å². The van der Waals surface area contributed by atoms with E-state index in [1.165, 1.54) is 6.42 Å². The zero-order valence-electron chi connectivity index (χ0n) is 27.2. The van der Waals surface area contributed by atoms with E-state index in [0.29, 0.717) is 18.8 Å². The first-order valence-corrected chi connectivity index (χ1v) is 16.9. The molecule has 0 spiro atoms. The van der Waals surface area contributed by atoms with Gasteiger partial charge < -0.3 is 54.0 Å². The lowest BCUT2D eigenvalue weighted by molar-refractivity contribution is -0.341. The van der Waals surface area contributed by atoms with E-state index in [-0.39, 0.29) is 12.5 Å². The second-order valence-corrected chi connectivity index (χ2v) is 13.5. The van der Waals surface area contributed by atoms with Crippen LogP contribution in [0.25, 0.3) is 0 Å². The zero-order chi connectivity index (χ0) is 32.7. The van der Waals surface area contributed by atoms with Gasteiger partial charge in [0.15, 0.2) is 18.7 Å². The van der Waals surface area contributed by atoms with Crippen LogP contribution in [-0.2, 0) is 33.2 Å². The van der Waals surface area contributed by atoms with Crippen molar-refractivity contribution < 1.29 is 58.7 Å². The van der Waals surface area contributed by atoms with Gasteiger partial charge in [-0.15, -0.1) is 0 Å². The molecule has 0 radical (unpaired) electrons. The summed E-state index contributed by atoms with van der Waals surface area (Å²) in [5.41, 5.74) is 0. The molecule has 0 aromatic rings. The summed E-state index contributed by atoms with van der Waals surface area (Å²) in [6.45, 7) is 6.94. The lowest BCUT2D eigenvalue weighted by Crippen LogP contribution is -2.60. The van der Waals surface area contributed by atoms with Crippen LogP contribution in [-0.4, -0.2) is 118 Å². The summed E-state index contributed by atoms with van der Waals surface area (Å²) in [6.07, 6.45) is -0.212. The first-order chi connectivity index (χ1) is 21.5. The number of ether oxygens (including phenoxy) is 6. The molecular formula is C33H56O12. The Balaban J connectivity index is 1.49. The monoisotopic (exact) mass is 644 g/mol. The van der Waals surface area contributed by atoms with Crippen LogP contribution >= 0.6 is 0 Å². The van der Waals surface area contributed by atoms with Gasteiger partial charge in [0.05, 0.1) is 31.0 Å². The summed E-state index contributed by atoms with van der Waals surface area (Å²) >= 11 is 0. The van der Waals surface area contributed by atoms with Crippen molar-refractivity contribution in [2.24, 2.45) is 17.8 Å². The molecule has 260 valence electrons. The highest BCUT2D eigenvalue weighted by Gasteiger charge is 2.49. The van der Waals surface area contributed by atoms with Crippen molar-refractivity contribution in [2.75, 3.05) is 13.2 Å². The number of carbonyl (C=O) groups is 1. The number of carbonyl (C=O) groups excluding carboxylic acids is 1. The molecule has 12 heteroatoms. The van der Waals surface area contributed by atoms with E-state index in [4.69, 9.17) is 28.4 Å². The predicted octanol–water partition coefficient (Wildman–Crippen LogP) is 1.96. The lowest BCUT2D eigenvalue weighted by Gasteiger charge is -2.47. The number of hydrogen-bond donors (Lipinski definition) is 5. The Labute approximate surface area is 267 Å². The van der Waals surface area contributed by atoms with Crippen LogP contribution in [0.1, 0.15) is 85.5 Å². The normalized spacial score (nSPS) is 42.5. The van der Waals surface area contributed by atoms with Crippen LogP contribution in [0.4, 0.5) is 0 Å². The van der Waals surface area contributed by atoms with E-state index in [2.05, 4.69) is 0 Å². The van der Waals surface area contributed by atoms with E-state index in [1.54, 1.807) is 19.1 Å². The standard InChI is InChI=1S/C33H56O12/c1-5-6-15-40-31(39)23(16-21-12-8-7-9-13-21)42-30-19(3)32(44-24(17-34)26(30)36)43-22-14-10-11-18(2)29(22)45-33-28(38)27(37)25(35)20(4)41-33/h5-6,18-30,32-38H,7-17H2,1-4H3/t18?,19?,20?,22?,23-,24?,25?,26?,27?,28?,29?,30?,32?,33?/m0/s1. The van der Waals surface area contributed by atoms with E-state index in [9.17, 15) is 30.3 Å². The Morgan fingerprint density at radius 1 is 0.844 bits per heavy atom. The fourth-order valence-corrected chi connectivity index (χ4v) is 7.16. The molecule has 0 aromatic carbocycles. The fraction of sp³-hybridized carbons (Fsp3) is 0.909. The van der Waals surface area contributed by atoms with Gasteiger partial charge in [0.1, 0.15) is 37.1 Å². The Morgan fingerprint density at radius 3 is 2.27 bits per heavy atom. The largest absolute Gasteiger partial charge is 0.460 e. The average molecular weight is 645 g/mol. The summed E-state index contributed by atoms with van der Waals surface area (Å²) in [4.78, 5) is 13.2. The maximum Gasteiger partial charge on any atom is 0.335 e. The Kier molecular flexibility index (Phi) is 14.1. The van der Waals surface area contributed by atoms with Crippen LogP contribution in [0, 0.1) is 17.8 Å². The first kappa shape index (κ1) is 36.6. The molecule has 4 fully saturated rings. The van der Waals surface area contributed by atoms with Crippen molar-refractivity contribution in [3.05, 3.63) is 12.2 Å². The molecule has 0 aromatic heterocycles. The van der Waals surface area contributed by atoms with E-state index >= 15 is 0 Å². The molecule has 2 saturated carbocycles. The smallest absolute Gasteiger partial charge is 0.335 e. The van der Waals surface area contributed by atoms with E-state index in [1.807, 2.05) is 20.8 Å². The van der Waals surface area contributed by atoms with Gasteiger partial charge in [0.2, 0.25) is 0 Å². The maximum atomic E-state index is 13.2. The number of aliphatic hydroxyl groups is 5. The molecule has 5 N–H and O–H groups in total. The van der Waals surface area contributed by atoms with Crippen molar-refractivity contribution in [2.45, 2.75) is 159 Å². The van der Waals surface area contributed by atoms with Crippen molar-refractivity contribution >= 4 is 5.97 Å². The van der Waals surface area contributed by atoms with Crippen molar-refractivity contribution in [1.82, 2.24) is 0 Å². The molecule has 0 amide bonds. The molecule has 45 heavy (non-hydrogen) atoms. The Bertz CT molecular complexity index is 927. The van der Waals surface area contributed by atoms with Crippen molar-refractivity contribution in [3.63, 3.8) is 0 Å². The second kappa shape index (κ2) is 17.3. The van der Waals surface area contributed by atoms with Crippen LogP contribution in [0.15, 0.2) is 12.2 Å². The molecule has 0 bridgehead atoms. The molecule has 14 atom stereocenters. The highest BCUT2D eigenvalue weighted by atomic mass is 16.7.